The van der Waals surface area contributed by atoms with Gasteiger partial charge in [-0.1, -0.05) is 43.7 Å². The Morgan fingerprint density at radius 3 is 2.76 bits per heavy atom. The first-order chi connectivity index (χ1) is 11.8. The smallest absolute Gasteiger partial charge is 0.224 e. The maximum Gasteiger partial charge on any atom is 0.224 e. The zero-order valence-corrected chi connectivity index (χ0v) is 14.8. The van der Waals surface area contributed by atoms with Gasteiger partial charge in [0.15, 0.2) is 0 Å². The molecule has 0 spiro atoms. The molecule has 0 aliphatic rings. The van der Waals surface area contributed by atoms with Gasteiger partial charge in [-0.3, -0.25) is 4.79 Å². The monoisotopic (exact) mass is 338 g/mol. The summed E-state index contributed by atoms with van der Waals surface area (Å²) in [5.41, 5.74) is 3.89. The van der Waals surface area contributed by atoms with Gasteiger partial charge in [0.2, 0.25) is 5.91 Å². The van der Waals surface area contributed by atoms with Gasteiger partial charge in [-0.15, -0.1) is 0 Å². The third-order valence-electron chi connectivity index (χ3n) is 4.61. The van der Waals surface area contributed by atoms with E-state index >= 15 is 0 Å². The molecule has 3 nitrogen and oxygen atoms in total. The van der Waals surface area contributed by atoms with Crippen molar-refractivity contribution >= 4 is 16.8 Å². The van der Waals surface area contributed by atoms with Crippen molar-refractivity contribution in [1.29, 1.82) is 0 Å². The SMILES string of the molecule is Cc1cccc(C(C)(C)CNC(=O)Cc2c[nH]c3ccc(F)cc23)c1. The van der Waals surface area contributed by atoms with Gasteiger partial charge in [0.1, 0.15) is 5.82 Å². The van der Waals surface area contributed by atoms with Gasteiger partial charge in [-0.2, -0.15) is 0 Å². The molecule has 0 fully saturated rings. The van der Waals surface area contributed by atoms with Crippen molar-refractivity contribution < 1.29 is 9.18 Å². The maximum atomic E-state index is 13.4. The lowest BCUT2D eigenvalue weighted by atomic mass is 9.84. The number of rotatable bonds is 5. The first-order valence-corrected chi connectivity index (χ1v) is 8.44. The normalized spacial score (nSPS) is 11.7. The van der Waals surface area contributed by atoms with Crippen LogP contribution in [0.1, 0.15) is 30.5 Å². The second-order valence-electron chi connectivity index (χ2n) is 7.21. The van der Waals surface area contributed by atoms with Crippen LogP contribution in [0.4, 0.5) is 4.39 Å². The summed E-state index contributed by atoms with van der Waals surface area (Å²) in [6.45, 7) is 6.84. The van der Waals surface area contributed by atoms with Crippen LogP contribution in [0.25, 0.3) is 10.9 Å². The van der Waals surface area contributed by atoms with Crippen molar-refractivity contribution in [1.82, 2.24) is 10.3 Å². The van der Waals surface area contributed by atoms with Crippen molar-refractivity contribution in [2.75, 3.05) is 6.54 Å². The van der Waals surface area contributed by atoms with Crippen LogP contribution in [0.5, 0.6) is 0 Å². The average Bonchev–Trinajstić information content (AvgIpc) is 2.95. The van der Waals surface area contributed by atoms with E-state index in [1.54, 1.807) is 12.3 Å². The van der Waals surface area contributed by atoms with Crippen LogP contribution in [0, 0.1) is 12.7 Å². The van der Waals surface area contributed by atoms with Gasteiger partial charge in [0.05, 0.1) is 6.42 Å². The van der Waals surface area contributed by atoms with Gasteiger partial charge in [-0.25, -0.2) is 4.39 Å². The molecule has 2 aromatic carbocycles. The summed E-state index contributed by atoms with van der Waals surface area (Å²) in [6.07, 6.45) is 2.00. The van der Waals surface area contributed by atoms with Gasteiger partial charge in [0, 0.05) is 29.1 Å². The average molecular weight is 338 g/mol. The molecule has 25 heavy (non-hydrogen) atoms. The zero-order chi connectivity index (χ0) is 18.0. The molecule has 0 aliphatic carbocycles. The van der Waals surface area contributed by atoms with Crippen LogP contribution in [-0.4, -0.2) is 17.4 Å². The summed E-state index contributed by atoms with van der Waals surface area (Å²) < 4.78 is 13.4. The van der Waals surface area contributed by atoms with E-state index in [0.29, 0.717) is 6.54 Å². The highest BCUT2D eigenvalue weighted by atomic mass is 19.1. The van der Waals surface area contributed by atoms with Gasteiger partial charge in [0.25, 0.3) is 0 Å². The zero-order valence-electron chi connectivity index (χ0n) is 14.8. The number of H-pyrrole nitrogens is 1. The number of aromatic nitrogens is 1. The number of carbonyl (C=O) groups is 1. The molecule has 130 valence electrons. The molecule has 0 radical (unpaired) electrons. The number of nitrogens with one attached hydrogen (secondary N) is 2. The molecule has 3 rings (SSSR count). The van der Waals surface area contributed by atoms with Crippen LogP contribution < -0.4 is 5.32 Å². The van der Waals surface area contributed by atoms with Crippen molar-refractivity contribution in [3.8, 4) is 0 Å². The highest BCUT2D eigenvalue weighted by Crippen LogP contribution is 2.23. The number of benzene rings is 2. The Bertz CT molecular complexity index is 911. The Hall–Kier alpha value is -2.62. The van der Waals surface area contributed by atoms with E-state index in [0.717, 1.165) is 16.5 Å². The van der Waals surface area contributed by atoms with E-state index < -0.39 is 0 Å². The molecule has 0 aliphatic heterocycles. The van der Waals surface area contributed by atoms with Crippen LogP contribution >= 0.6 is 0 Å². The number of amides is 1. The first kappa shape index (κ1) is 17.2. The van der Waals surface area contributed by atoms with Crippen LogP contribution in [0.2, 0.25) is 0 Å². The van der Waals surface area contributed by atoms with Crippen molar-refractivity contribution in [2.24, 2.45) is 0 Å². The molecule has 1 aromatic heterocycles. The summed E-state index contributed by atoms with van der Waals surface area (Å²) in [7, 11) is 0. The number of hydrogen-bond acceptors (Lipinski definition) is 1. The van der Waals surface area contributed by atoms with Gasteiger partial charge >= 0.3 is 0 Å². The minimum Gasteiger partial charge on any atom is -0.361 e. The largest absolute Gasteiger partial charge is 0.361 e. The third-order valence-corrected chi connectivity index (χ3v) is 4.61. The lowest BCUT2D eigenvalue weighted by Crippen LogP contribution is -2.37. The van der Waals surface area contributed by atoms with E-state index in [1.807, 2.05) is 6.07 Å². The molecular formula is C21H23FN2O. The molecular weight excluding hydrogens is 315 g/mol. The number of fused-ring (bicyclic) bond motifs is 1. The number of carbonyl (C=O) groups excluding carboxylic acids is 1. The molecule has 0 saturated carbocycles. The van der Waals surface area contributed by atoms with Crippen LogP contribution in [0.3, 0.4) is 0 Å². The Morgan fingerprint density at radius 1 is 1.20 bits per heavy atom. The van der Waals surface area contributed by atoms with E-state index in [2.05, 4.69) is 49.3 Å². The van der Waals surface area contributed by atoms with E-state index in [4.69, 9.17) is 0 Å². The molecule has 1 amide bonds. The van der Waals surface area contributed by atoms with Gasteiger partial charge in [-0.05, 0) is 36.2 Å². The molecule has 0 bridgehead atoms. The van der Waals surface area contributed by atoms with Crippen molar-refractivity contribution in [2.45, 2.75) is 32.6 Å². The van der Waals surface area contributed by atoms with E-state index in [1.165, 1.54) is 23.3 Å². The molecule has 4 heteroatoms. The van der Waals surface area contributed by atoms with Crippen molar-refractivity contribution in [3.63, 3.8) is 0 Å². The lowest BCUT2D eigenvalue weighted by molar-refractivity contribution is -0.120. The minimum atomic E-state index is -0.297. The Kier molecular flexibility index (Phi) is 4.62. The standard InChI is InChI=1S/C21H23FN2O/c1-14-5-4-6-16(9-14)21(2,3)13-24-20(25)10-15-12-23-19-8-7-17(22)11-18(15)19/h4-9,11-12,23H,10,13H2,1-3H3,(H,24,25). The fraction of sp³-hybridized carbons (Fsp3) is 0.286. The third kappa shape index (κ3) is 3.90. The topological polar surface area (TPSA) is 44.9 Å². The second-order valence-corrected chi connectivity index (χ2v) is 7.21. The first-order valence-electron chi connectivity index (χ1n) is 8.44. The Balaban J connectivity index is 1.67. The highest BCUT2D eigenvalue weighted by Gasteiger charge is 2.21. The summed E-state index contributed by atoms with van der Waals surface area (Å²) in [6, 6.07) is 12.9. The predicted molar refractivity (Wildman–Crippen MR) is 99.2 cm³/mol. The molecule has 0 saturated heterocycles. The minimum absolute atomic E-state index is 0.0640. The van der Waals surface area contributed by atoms with Crippen molar-refractivity contribution in [3.05, 3.63) is 71.2 Å². The molecule has 0 unspecified atom stereocenters. The Labute approximate surface area is 147 Å². The second kappa shape index (κ2) is 6.71. The highest BCUT2D eigenvalue weighted by molar-refractivity contribution is 5.88. The quantitative estimate of drug-likeness (QED) is 0.718. The molecule has 3 aromatic rings. The number of aryl methyl sites for hydroxylation is 1. The summed E-state index contributed by atoms with van der Waals surface area (Å²) in [5, 5.41) is 3.77. The summed E-state index contributed by atoms with van der Waals surface area (Å²) in [5.74, 6) is -0.361. The summed E-state index contributed by atoms with van der Waals surface area (Å²) in [4.78, 5) is 15.4. The van der Waals surface area contributed by atoms with Crippen LogP contribution in [-0.2, 0) is 16.6 Å². The maximum absolute atomic E-state index is 13.4. The predicted octanol–water partition coefficient (Wildman–Crippen LogP) is 4.25. The molecule has 1 heterocycles. The number of hydrogen-bond donors (Lipinski definition) is 2. The lowest BCUT2D eigenvalue weighted by Gasteiger charge is -2.26. The number of halogens is 1. The fourth-order valence-corrected chi connectivity index (χ4v) is 3.02. The Morgan fingerprint density at radius 2 is 2.00 bits per heavy atom. The summed E-state index contributed by atoms with van der Waals surface area (Å²) >= 11 is 0. The number of aromatic amines is 1. The van der Waals surface area contributed by atoms with Crippen LogP contribution in [0.15, 0.2) is 48.7 Å². The van der Waals surface area contributed by atoms with E-state index in [-0.39, 0.29) is 23.6 Å². The van der Waals surface area contributed by atoms with Gasteiger partial charge < -0.3 is 10.3 Å². The van der Waals surface area contributed by atoms with E-state index in [9.17, 15) is 9.18 Å². The molecule has 2 N–H and O–H groups in total. The molecule has 0 atom stereocenters. The fourth-order valence-electron chi connectivity index (χ4n) is 3.02.